The molecule has 0 saturated carbocycles. The summed E-state index contributed by atoms with van der Waals surface area (Å²) in [5, 5.41) is 5.29. The highest BCUT2D eigenvalue weighted by atomic mass is 16.5. The van der Waals surface area contributed by atoms with E-state index in [0.717, 1.165) is 24.2 Å². The number of amides is 1. The topological polar surface area (TPSA) is 50.8 Å². The molecular weight excluding hydrogens is 304 g/mol. The quantitative estimate of drug-likeness (QED) is 0.825. The van der Waals surface area contributed by atoms with Crippen molar-refractivity contribution in [2.45, 2.75) is 13.0 Å². The van der Waals surface area contributed by atoms with Crippen molar-refractivity contribution < 1.29 is 14.3 Å². The molecule has 1 aliphatic rings. The van der Waals surface area contributed by atoms with E-state index in [1.165, 1.54) is 5.39 Å². The maximum absolute atomic E-state index is 12.2. The normalized spacial score (nSPS) is 16.7. The van der Waals surface area contributed by atoms with Gasteiger partial charge in [0.2, 0.25) is 5.91 Å². The predicted molar refractivity (Wildman–Crippen MR) is 94.3 cm³/mol. The number of morpholine rings is 1. The molecule has 1 heterocycles. The van der Waals surface area contributed by atoms with Gasteiger partial charge in [-0.2, -0.15) is 0 Å². The first-order valence-corrected chi connectivity index (χ1v) is 8.45. The van der Waals surface area contributed by atoms with Crippen molar-refractivity contribution in [3.63, 3.8) is 0 Å². The van der Waals surface area contributed by atoms with Crippen LogP contribution in [0.4, 0.5) is 0 Å². The lowest BCUT2D eigenvalue weighted by Gasteiger charge is -2.31. The van der Waals surface area contributed by atoms with Crippen LogP contribution >= 0.6 is 0 Å². The van der Waals surface area contributed by atoms with Crippen molar-refractivity contribution in [2.24, 2.45) is 0 Å². The van der Waals surface area contributed by atoms with Gasteiger partial charge in [0, 0.05) is 13.1 Å². The standard InChI is InChI=1S/C19H24N2O3/c1-15(21-9-12-23-13-10-21)19(22)20-8-11-24-18-7-6-16-4-2-3-5-17(16)14-18/h2-7,14-15H,8-13H2,1H3,(H,20,22)/t15-/m0/s1. The zero-order valence-electron chi connectivity index (χ0n) is 14.0. The Morgan fingerprint density at radius 2 is 1.96 bits per heavy atom. The fraction of sp³-hybridized carbons (Fsp3) is 0.421. The van der Waals surface area contributed by atoms with E-state index in [2.05, 4.69) is 22.3 Å². The summed E-state index contributed by atoms with van der Waals surface area (Å²) in [7, 11) is 0. The minimum absolute atomic E-state index is 0.0408. The van der Waals surface area contributed by atoms with E-state index in [-0.39, 0.29) is 11.9 Å². The van der Waals surface area contributed by atoms with Crippen LogP contribution in [-0.4, -0.2) is 56.3 Å². The van der Waals surface area contributed by atoms with E-state index in [4.69, 9.17) is 9.47 Å². The molecule has 5 heteroatoms. The molecular formula is C19H24N2O3. The number of carbonyl (C=O) groups excluding carboxylic acids is 1. The number of fused-ring (bicyclic) bond motifs is 1. The average Bonchev–Trinajstić information content (AvgIpc) is 2.65. The average molecular weight is 328 g/mol. The molecule has 1 N–H and O–H groups in total. The highest BCUT2D eigenvalue weighted by molar-refractivity contribution is 5.83. The molecule has 0 unspecified atom stereocenters. The van der Waals surface area contributed by atoms with Crippen LogP contribution in [0.3, 0.4) is 0 Å². The van der Waals surface area contributed by atoms with E-state index in [9.17, 15) is 4.79 Å². The van der Waals surface area contributed by atoms with Gasteiger partial charge in [-0.05, 0) is 29.8 Å². The fourth-order valence-corrected chi connectivity index (χ4v) is 2.88. The van der Waals surface area contributed by atoms with Crippen LogP contribution < -0.4 is 10.1 Å². The zero-order valence-corrected chi connectivity index (χ0v) is 14.0. The third-order valence-electron chi connectivity index (χ3n) is 4.36. The minimum atomic E-state index is -0.130. The van der Waals surface area contributed by atoms with Gasteiger partial charge in [-0.15, -0.1) is 0 Å². The van der Waals surface area contributed by atoms with Crippen LogP contribution in [0, 0.1) is 0 Å². The van der Waals surface area contributed by atoms with Crippen molar-refractivity contribution in [3.05, 3.63) is 42.5 Å². The van der Waals surface area contributed by atoms with Crippen LogP contribution in [0.25, 0.3) is 10.8 Å². The van der Waals surface area contributed by atoms with Crippen LogP contribution in [0.5, 0.6) is 5.75 Å². The zero-order chi connectivity index (χ0) is 16.8. The van der Waals surface area contributed by atoms with Gasteiger partial charge in [-0.25, -0.2) is 0 Å². The number of hydrogen-bond acceptors (Lipinski definition) is 4. The Kier molecular flexibility index (Phi) is 5.67. The SMILES string of the molecule is C[C@@H](C(=O)NCCOc1ccc2ccccc2c1)N1CCOCC1. The molecule has 0 spiro atoms. The monoisotopic (exact) mass is 328 g/mol. The molecule has 0 aromatic heterocycles. The molecule has 1 fully saturated rings. The number of rotatable bonds is 6. The Morgan fingerprint density at radius 3 is 2.75 bits per heavy atom. The van der Waals surface area contributed by atoms with E-state index in [1.807, 2.05) is 37.3 Å². The highest BCUT2D eigenvalue weighted by Gasteiger charge is 2.22. The van der Waals surface area contributed by atoms with Gasteiger partial charge in [0.25, 0.3) is 0 Å². The molecule has 128 valence electrons. The summed E-state index contributed by atoms with van der Waals surface area (Å²) < 4.78 is 11.1. The summed E-state index contributed by atoms with van der Waals surface area (Å²) in [6.45, 7) is 5.90. The number of nitrogens with zero attached hydrogens (tertiary/aromatic N) is 1. The molecule has 2 aromatic carbocycles. The summed E-state index contributed by atoms with van der Waals surface area (Å²) in [5.41, 5.74) is 0. The molecule has 3 rings (SSSR count). The van der Waals surface area contributed by atoms with E-state index in [1.54, 1.807) is 0 Å². The molecule has 0 radical (unpaired) electrons. The summed E-state index contributed by atoms with van der Waals surface area (Å²) in [6.07, 6.45) is 0. The number of carbonyl (C=O) groups is 1. The molecule has 5 nitrogen and oxygen atoms in total. The molecule has 1 aliphatic heterocycles. The van der Waals surface area contributed by atoms with Gasteiger partial charge in [0.15, 0.2) is 0 Å². The number of nitrogens with one attached hydrogen (secondary N) is 1. The molecule has 1 amide bonds. The number of hydrogen-bond donors (Lipinski definition) is 1. The third kappa shape index (κ3) is 4.24. The first-order chi connectivity index (χ1) is 11.7. The third-order valence-corrected chi connectivity index (χ3v) is 4.36. The van der Waals surface area contributed by atoms with Gasteiger partial charge in [-0.3, -0.25) is 9.69 Å². The fourth-order valence-electron chi connectivity index (χ4n) is 2.88. The number of ether oxygens (including phenoxy) is 2. The predicted octanol–water partition coefficient (Wildman–Crippen LogP) is 2.06. The van der Waals surface area contributed by atoms with Crippen LogP contribution in [0.15, 0.2) is 42.5 Å². The van der Waals surface area contributed by atoms with Gasteiger partial charge in [0.1, 0.15) is 12.4 Å². The first kappa shape index (κ1) is 16.7. The minimum Gasteiger partial charge on any atom is -0.492 e. The van der Waals surface area contributed by atoms with Crippen LogP contribution in [0.1, 0.15) is 6.92 Å². The Balaban J connectivity index is 1.43. The molecule has 1 saturated heterocycles. The molecule has 0 bridgehead atoms. The smallest absolute Gasteiger partial charge is 0.237 e. The van der Waals surface area contributed by atoms with E-state index < -0.39 is 0 Å². The first-order valence-electron chi connectivity index (χ1n) is 8.45. The van der Waals surface area contributed by atoms with Gasteiger partial charge in [0.05, 0.1) is 25.8 Å². The molecule has 2 aromatic rings. The van der Waals surface area contributed by atoms with Crippen LogP contribution in [0.2, 0.25) is 0 Å². The van der Waals surface area contributed by atoms with Crippen molar-refractivity contribution in [1.29, 1.82) is 0 Å². The summed E-state index contributed by atoms with van der Waals surface area (Å²) in [5.74, 6) is 0.864. The van der Waals surface area contributed by atoms with Gasteiger partial charge >= 0.3 is 0 Å². The Bertz CT molecular complexity index is 683. The van der Waals surface area contributed by atoms with Crippen molar-refractivity contribution in [3.8, 4) is 5.75 Å². The van der Waals surface area contributed by atoms with Crippen molar-refractivity contribution in [2.75, 3.05) is 39.5 Å². The summed E-state index contributed by atoms with van der Waals surface area (Å²) in [4.78, 5) is 14.3. The lowest BCUT2D eigenvalue weighted by Crippen LogP contribution is -2.50. The van der Waals surface area contributed by atoms with Crippen LogP contribution in [-0.2, 0) is 9.53 Å². The Hall–Kier alpha value is -2.11. The summed E-state index contributed by atoms with van der Waals surface area (Å²) in [6, 6.07) is 14.1. The second kappa shape index (κ2) is 8.13. The van der Waals surface area contributed by atoms with E-state index >= 15 is 0 Å². The largest absolute Gasteiger partial charge is 0.492 e. The van der Waals surface area contributed by atoms with Gasteiger partial charge < -0.3 is 14.8 Å². The van der Waals surface area contributed by atoms with Gasteiger partial charge in [-0.1, -0.05) is 30.3 Å². The molecule has 24 heavy (non-hydrogen) atoms. The number of benzene rings is 2. The maximum Gasteiger partial charge on any atom is 0.237 e. The lowest BCUT2D eigenvalue weighted by molar-refractivity contribution is -0.127. The maximum atomic E-state index is 12.2. The second-order valence-electron chi connectivity index (χ2n) is 5.97. The van der Waals surface area contributed by atoms with Crippen molar-refractivity contribution >= 4 is 16.7 Å². The Labute approximate surface area is 142 Å². The lowest BCUT2D eigenvalue weighted by atomic mass is 10.1. The molecule has 0 aliphatic carbocycles. The van der Waals surface area contributed by atoms with E-state index in [0.29, 0.717) is 26.4 Å². The second-order valence-corrected chi connectivity index (χ2v) is 5.97. The highest BCUT2D eigenvalue weighted by Crippen LogP contribution is 2.20. The van der Waals surface area contributed by atoms with Crippen molar-refractivity contribution in [1.82, 2.24) is 10.2 Å². The molecule has 1 atom stereocenters. The Morgan fingerprint density at radius 1 is 1.21 bits per heavy atom. The summed E-state index contributed by atoms with van der Waals surface area (Å²) >= 11 is 0.